The highest BCUT2D eigenvalue weighted by Gasteiger charge is 2.06. The van der Waals surface area contributed by atoms with Crippen LogP contribution < -0.4 is 11.1 Å². The normalized spacial score (nSPS) is 14.6. The number of anilines is 2. The fraction of sp³-hybridized carbons (Fsp3) is 0.500. The molecule has 0 aliphatic carbocycles. The van der Waals surface area contributed by atoms with Crippen molar-refractivity contribution in [2.45, 2.75) is 13.0 Å². The van der Waals surface area contributed by atoms with Crippen LogP contribution in [0.5, 0.6) is 0 Å². The van der Waals surface area contributed by atoms with Gasteiger partial charge in [-0.3, -0.25) is 4.21 Å². The van der Waals surface area contributed by atoms with Crippen LogP contribution in [0.2, 0.25) is 5.15 Å². The van der Waals surface area contributed by atoms with Crippen molar-refractivity contribution in [2.75, 3.05) is 23.1 Å². The molecule has 0 bridgehead atoms. The maximum Gasteiger partial charge on any atom is 0.223 e. The van der Waals surface area contributed by atoms with Crippen molar-refractivity contribution in [3.8, 4) is 0 Å². The minimum absolute atomic E-state index is 0.0428. The number of nitrogen functional groups attached to an aromatic ring is 1. The average molecular weight is 249 g/mol. The third kappa shape index (κ3) is 4.44. The van der Waals surface area contributed by atoms with E-state index in [-0.39, 0.29) is 17.1 Å². The van der Waals surface area contributed by atoms with Gasteiger partial charge in [-0.1, -0.05) is 11.6 Å². The molecule has 2 atom stereocenters. The van der Waals surface area contributed by atoms with Crippen LogP contribution in [-0.2, 0) is 10.8 Å². The molecule has 0 amide bonds. The van der Waals surface area contributed by atoms with Gasteiger partial charge in [0.1, 0.15) is 11.0 Å². The second-order valence-electron chi connectivity index (χ2n) is 3.22. The molecule has 0 aliphatic rings. The molecule has 0 aromatic carbocycles. The van der Waals surface area contributed by atoms with Crippen molar-refractivity contribution in [1.29, 1.82) is 0 Å². The smallest absolute Gasteiger partial charge is 0.223 e. The topological polar surface area (TPSA) is 80.9 Å². The van der Waals surface area contributed by atoms with E-state index in [0.717, 1.165) is 0 Å². The summed E-state index contributed by atoms with van der Waals surface area (Å²) in [6.45, 7) is 1.91. The Labute approximate surface area is 95.9 Å². The molecule has 0 spiro atoms. The predicted octanol–water partition coefficient (Wildman–Crippen LogP) is 0.891. The highest BCUT2D eigenvalue weighted by Crippen LogP contribution is 2.13. The van der Waals surface area contributed by atoms with E-state index >= 15 is 0 Å². The second-order valence-corrected chi connectivity index (χ2v) is 5.09. The highest BCUT2D eigenvalue weighted by molar-refractivity contribution is 7.84. The Morgan fingerprint density at radius 3 is 2.87 bits per heavy atom. The van der Waals surface area contributed by atoms with Crippen molar-refractivity contribution >= 4 is 34.2 Å². The number of halogens is 1. The molecule has 1 heterocycles. The van der Waals surface area contributed by atoms with Gasteiger partial charge in [0, 0.05) is 34.9 Å². The number of nitrogens with one attached hydrogen (secondary N) is 1. The van der Waals surface area contributed by atoms with Gasteiger partial charge < -0.3 is 11.1 Å². The van der Waals surface area contributed by atoms with Crippen molar-refractivity contribution in [1.82, 2.24) is 9.97 Å². The molecule has 0 saturated carbocycles. The van der Waals surface area contributed by atoms with E-state index in [1.54, 1.807) is 12.3 Å². The molecule has 0 saturated heterocycles. The Hall–Kier alpha value is -0.880. The lowest BCUT2D eigenvalue weighted by Gasteiger charge is -2.13. The van der Waals surface area contributed by atoms with E-state index in [2.05, 4.69) is 15.3 Å². The molecule has 3 N–H and O–H groups in total. The van der Waals surface area contributed by atoms with Crippen molar-refractivity contribution < 1.29 is 4.21 Å². The largest absolute Gasteiger partial charge is 0.368 e. The van der Waals surface area contributed by atoms with Gasteiger partial charge in [-0.15, -0.1) is 0 Å². The molecule has 5 nitrogen and oxygen atoms in total. The summed E-state index contributed by atoms with van der Waals surface area (Å²) in [6, 6.07) is 1.62. The van der Waals surface area contributed by atoms with Crippen molar-refractivity contribution in [3.63, 3.8) is 0 Å². The molecule has 7 heteroatoms. The zero-order valence-electron chi connectivity index (χ0n) is 8.53. The summed E-state index contributed by atoms with van der Waals surface area (Å²) in [7, 11) is -0.850. The monoisotopic (exact) mass is 248 g/mol. The van der Waals surface area contributed by atoms with E-state index in [0.29, 0.717) is 11.6 Å². The van der Waals surface area contributed by atoms with Gasteiger partial charge in [-0.05, 0) is 6.92 Å². The molecule has 1 aromatic heterocycles. The number of nitrogens with two attached hydrogens (primary N) is 1. The molecule has 2 unspecified atom stereocenters. The summed E-state index contributed by atoms with van der Waals surface area (Å²) in [4.78, 5) is 7.69. The summed E-state index contributed by atoms with van der Waals surface area (Å²) in [5, 5.41) is 3.33. The van der Waals surface area contributed by atoms with Gasteiger partial charge in [0.15, 0.2) is 0 Å². The van der Waals surface area contributed by atoms with E-state index in [4.69, 9.17) is 17.3 Å². The summed E-state index contributed by atoms with van der Waals surface area (Å²) >= 11 is 5.71. The number of rotatable bonds is 4. The summed E-state index contributed by atoms with van der Waals surface area (Å²) in [5.74, 6) is 1.21. The average Bonchev–Trinajstić information content (AvgIpc) is 1.98. The first-order valence-corrected chi connectivity index (χ1v) is 6.44. The molecule has 0 fully saturated rings. The van der Waals surface area contributed by atoms with Crippen molar-refractivity contribution in [2.24, 2.45) is 0 Å². The van der Waals surface area contributed by atoms with Crippen LogP contribution in [0, 0.1) is 0 Å². The van der Waals surface area contributed by atoms with Crippen LogP contribution in [0.15, 0.2) is 6.07 Å². The minimum Gasteiger partial charge on any atom is -0.368 e. The summed E-state index contributed by atoms with van der Waals surface area (Å²) in [5.41, 5.74) is 5.43. The lowest BCUT2D eigenvalue weighted by molar-refractivity contribution is 0.683. The van der Waals surface area contributed by atoms with Crippen LogP contribution in [0.4, 0.5) is 11.8 Å². The van der Waals surface area contributed by atoms with Crippen LogP contribution in [0.25, 0.3) is 0 Å². The maximum atomic E-state index is 11.0. The predicted molar refractivity (Wildman–Crippen MR) is 63.5 cm³/mol. The minimum atomic E-state index is -0.850. The highest BCUT2D eigenvalue weighted by atomic mass is 35.5. The lowest BCUT2D eigenvalue weighted by atomic mass is 10.4. The van der Waals surface area contributed by atoms with Crippen LogP contribution in [-0.4, -0.2) is 32.2 Å². The fourth-order valence-corrected chi connectivity index (χ4v) is 2.13. The zero-order valence-corrected chi connectivity index (χ0v) is 10.1. The summed E-state index contributed by atoms with van der Waals surface area (Å²) in [6.07, 6.45) is 1.65. The molecule has 0 radical (unpaired) electrons. The van der Waals surface area contributed by atoms with Gasteiger partial charge in [-0.25, -0.2) is 4.98 Å². The van der Waals surface area contributed by atoms with E-state index in [1.165, 1.54) is 0 Å². The van der Waals surface area contributed by atoms with Gasteiger partial charge in [0.25, 0.3) is 0 Å². The van der Waals surface area contributed by atoms with E-state index in [1.807, 2.05) is 6.92 Å². The number of nitrogens with zero attached hydrogens (tertiary/aromatic N) is 2. The van der Waals surface area contributed by atoms with Gasteiger partial charge in [0.2, 0.25) is 5.95 Å². The molecular formula is C8H13ClN4OS. The molecule has 1 rings (SSSR count). The van der Waals surface area contributed by atoms with Crippen LogP contribution in [0.1, 0.15) is 6.92 Å². The van der Waals surface area contributed by atoms with Crippen molar-refractivity contribution in [3.05, 3.63) is 11.2 Å². The first-order valence-electron chi connectivity index (χ1n) is 4.34. The Bertz CT molecular complexity index is 353. The molecular weight excluding hydrogens is 236 g/mol. The standard InChI is InChI=1S/C8H13ClN4OS/c1-5(4-15(2)14)11-7-3-6(9)12-8(10)13-7/h3,5H,4H2,1-2H3,(H3,10,11,12,13). The summed E-state index contributed by atoms with van der Waals surface area (Å²) < 4.78 is 11.0. The lowest BCUT2D eigenvalue weighted by Crippen LogP contribution is -2.23. The zero-order chi connectivity index (χ0) is 11.4. The van der Waals surface area contributed by atoms with Crippen LogP contribution >= 0.6 is 11.6 Å². The first kappa shape index (κ1) is 12.2. The third-order valence-corrected chi connectivity index (χ3v) is 2.75. The van der Waals surface area contributed by atoms with Crippen LogP contribution in [0.3, 0.4) is 0 Å². The Balaban J connectivity index is 2.67. The maximum absolute atomic E-state index is 11.0. The Morgan fingerprint density at radius 2 is 2.33 bits per heavy atom. The van der Waals surface area contributed by atoms with Gasteiger partial charge in [-0.2, -0.15) is 4.98 Å². The van der Waals surface area contributed by atoms with Gasteiger partial charge >= 0.3 is 0 Å². The molecule has 1 aromatic rings. The Morgan fingerprint density at radius 1 is 1.67 bits per heavy atom. The van der Waals surface area contributed by atoms with Gasteiger partial charge in [0.05, 0.1) is 0 Å². The SMILES string of the molecule is CC(CS(C)=O)Nc1cc(Cl)nc(N)n1. The molecule has 84 valence electrons. The third-order valence-electron chi connectivity index (χ3n) is 1.59. The van der Waals surface area contributed by atoms with E-state index in [9.17, 15) is 4.21 Å². The first-order chi connectivity index (χ1) is 6.97. The number of aromatic nitrogens is 2. The Kier molecular flexibility index (Phi) is 4.28. The fourth-order valence-electron chi connectivity index (χ4n) is 1.16. The molecule has 0 aliphatic heterocycles. The second kappa shape index (κ2) is 5.27. The quantitative estimate of drug-likeness (QED) is 0.774. The number of hydrogen-bond donors (Lipinski definition) is 2. The van der Waals surface area contributed by atoms with E-state index < -0.39 is 10.8 Å². The molecule has 15 heavy (non-hydrogen) atoms. The number of hydrogen-bond acceptors (Lipinski definition) is 5.